The van der Waals surface area contributed by atoms with E-state index in [4.69, 9.17) is 18.9 Å². The zero-order chi connectivity index (χ0) is 21.8. The van der Waals surface area contributed by atoms with Crippen molar-refractivity contribution in [1.29, 1.82) is 0 Å². The van der Waals surface area contributed by atoms with E-state index in [2.05, 4.69) is 29.6 Å². The van der Waals surface area contributed by atoms with Gasteiger partial charge in [0.1, 0.15) is 0 Å². The first-order chi connectivity index (χ1) is 15.1. The summed E-state index contributed by atoms with van der Waals surface area (Å²) in [5.74, 6) is 3.20. The van der Waals surface area contributed by atoms with Crippen LogP contribution in [0.2, 0.25) is 0 Å². The highest BCUT2D eigenvalue weighted by Gasteiger charge is 2.41. The number of nitrogens with one attached hydrogen (secondary N) is 1. The summed E-state index contributed by atoms with van der Waals surface area (Å²) in [5.41, 5.74) is 4.29. The molecule has 5 nitrogen and oxygen atoms in total. The van der Waals surface area contributed by atoms with Crippen LogP contribution in [-0.4, -0.2) is 35.0 Å². The molecule has 168 valence electrons. The first kappa shape index (κ1) is 21.8. The van der Waals surface area contributed by atoms with E-state index in [1.807, 2.05) is 6.07 Å². The molecule has 4 rings (SSSR count). The summed E-state index contributed by atoms with van der Waals surface area (Å²) in [6.07, 6.45) is 8.38. The fourth-order valence-electron chi connectivity index (χ4n) is 5.45. The summed E-state index contributed by atoms with van der Waals surface area (Å²) in [7, 11) is 6.80. The van der Waals surface area contributed by atoms with Crippen LogP contribution in [0.3, 0.4) is 0 Å². The second-order valence-corrected chi connectivity index (χ2v) is 8.80. The van der Waals surface area contributed by atoms with Gasteiger partial charge in [-0.25, -0.2) is 0 Å². The largest absolute Gasteiger partial charge is 0.493 e. The lowest BCUT2D eigenvalue weighted by Gasteiger charge is -2.45. The smallest absolute Gasteiger partial charge is 0.161 e. The number of rotatable bonds is 7. The molecule has 2 aliphatic rings. The van der Waals surface area contributed by atoms with E-state index in [0.717, 1.165) is 42.4 Å². The first-order valence-electron chi connectivity index (χ1n) is 11.3. The highest BCUT2D eigenvalue weighted by molar-refractivity contribution is 5.53. The minimum atomic E-state index is 0.215. The van der Waals surface area contributed by atoms with Crippen molar-refractivity contribution in [2.24, 2.45) is 0 Å². The Morgan fingerprint density at radius 3 is 2.13 bits per heavy atom. The molecule has 0 radical (unpaired) electrons. The van der Waals surface area contributed by atoms with E-state index in [1.54, 1.807) is 28.4 Å². The molecule has 1 atom stereocenters. The summed E-state index contributed by atoms with van der Waals surface area (Å²) in [6.45, 7) is 1.03. The van der Waals surface area contributed by atoms with Crippen LogP contribution in [0.1, 0.15) is 61.3 Å². The van der Waals surface area contributed by atoms with Gasteiger partial charge in [-0.05, 0) is 66.6 Å². The monoisotopic (exact) mass is 425 g/mol. The van der Waals surface area contributed by atoms with Crippen LogP contribution in [0.5, 0.6) is 23.0 Å². The molecule has 1 heterocycles. The van der Waals surface area contributed by atoms with E-state index < -0.39 is 0 Å². The van der Waals surface area contributed by atoms with Crippen LogP contribution in [-0.2, 0) is 11.8 Å². The fourth-order valence-corrected chi connectivity index (χ4v) is 5.45. The average Bonchev–Trinajstić information content (AvgIpc) is 2.83. The lowest BCUT2D eigenvalue weighted by atomic mass is 9.65. The van der Waals surface area contributed by atoms with E-state index in [1.165, 1.54) is 48.8 Å². The molecule has 0 amide bonds. The Kier molecular flexibility index (Phi) is 6.61. The Balaban J connectivity index is 1.63. The van der Waals surface area contributed by atoms with Gasteiger partial charge in [0, 0.05) is 18.0 Å². The molecule has 2 aromatic carbocycles. The van der Waals surface area contributed by atoms with Crippen molar-refractivity contribution < 1.29 is 18.9 Å². The second-order valence-electron chi connectivity index (χ2n) is 8.80. The molecule has 2 aromatic rings. The molecule has 1 fully saturated rings. The zero-order valence-electron chi connectivity index (χ0n) is 19.3. The van der Waals surface area contributed by atoms with Crippen LogP contribution in [0.4, 0.5) is 0 Å². The van der Waals surface area contributed by atoms with Crippen molar-refractivity contribution in [3.63, 3.8) is 0 Å². The van der Waals surface area contributed by atoms with Crippen molar-refractivity contribution in [3.8, 4) is 23.0 Å². The Morgan fingerprint density at radius 1 is 0.806 bits per heavy atom. The summed E-state index contributed by atoms with van der Waals surface area (Å²) in [6, 6.07) is 10.9. The van der Waals surface area contributed by atoms with Gasteiger partial charge in [-0.2, -0.15) is 0 Å². The highest BCUT2D eigenvalue weighted by Crippen LogP contribution is 2.48. The molecule has 1 saturated carbocycles. The predicted molar refractivity (Wildman–Crippen MR) is 123 cm³/mol. The third kappa shape index (κ3) is 4.20. The third-order valence-electron chi connectivity index (χ3n) is 7.17. The maximum absolute atomic E-state index is 5.68. The molecule has 1 unspecified atom stereocenters. The molecular weight excluding hydrogens is 390 g/mol. The normalized spacial score (nSPS) is 19.5. The first-order valence-corrected chi connectivity index (χ1v) is 11.3. The van der Waals surface area contributed by atoms with Crippen molar-refractivity contribution in [2.75, 3.05) is 35.0 Å². The minimum absolute atomic E-state index is 0.215. The molecule has 31 heavy (non-hydrogen) atoms. The number of hydrogen-bond donors (Lipinski definition) is 1. The van der Waals surface area contributed by atoms with Gasteiger partial charge >= 0.3 is 0 Å². The average molecular weight is 426 g/mol. The van der Waals surface area contributed by atoms with Crippen molar-refractivity contribution in [2.45, 2.75) is 56.4 Å². The maximum Gasteiger partial charge on any atom is 0.161 e. The summed E-state index contributed by atoms with van der Waals surface area (Å²) in [5, 5.41) is 3.89. The molecule has 0 saturated heterocycles. The molecule has 1 spiro atoms. The topological polar surface area (TPSA) is 49.0 Å². The van der Waals surface area contributed by atoms with Crippen molar-refractivity contribution in [3.05, 3.63) is 47.0 Å². The van der Waals surface area contributed by atoms with Gasteiger partial charge in [-0.1, -0.05) is 25.3 Å². The van der Waals surface area contributed by atoms with Gasteiger partial charge in [0.2, 0.25) is 0 Å². The van der Waals surface area contributed by atoms with E-state index in [-0.39, 0.29) is 11.5 Å². The summed E-state index contributed by atoms with van der Waals surface area (Å²) in [4.78, 5) is 0. The minimum Gasteiger partial charge on any atom is -0.493 e. The lowest BCUT2D eigenvalue weighted by molar-refractivity contribution is 0.242. The van der Waals surface area contributed by atoms with Gasteiger partial charge in [-0.3, -0.25) is 0 Å². The van der Waals surface area contributed by atoms with Crippen LogP contribution >= 0.6 is 0 Å². The van der Waals surface area contributed by atoms with Crippen molar-refractivity contribution in [1.82, 2.24) is 5.32 Å². The predicted octanol–water partition coefficient (Wildman–Crippen LogP) is 5.20. The fraction of sp³-hybridized carbons (Fsp3) is 0.538. The van der Waals surface area contributed by atoms with E-state index >= 15 is 0 Å². The molecule has 1 N–H and O–H groups in total. The number of hydrogen-bond acceptors (Lipinski definition) is 5. The van der Waals surface area contributed by atoms with Crippen molar-refractivity contribution >= 4 is 0 Å². The van der Waals surface area contributed by atoms with E-state index in [0.29, 0.717) is 0 Å². The van der Waals surface area contributed by atoms with Gasteiger partial charge < -0.3 is 24.3 Å². The third-order valence-corrected chi connectivity index (χ3v) is 7.17. The molecule has 1 aliphatic carbocycles. The van der Waals surface area contributed by atoms with E-state index in [9.17, 15) is 0 Å². The number of benzene rings is 2. The van der Waals surface area contributed by atoms with Gasteiger partial charge in [0.25, 0.3) is 0 Å². The Hall–Kier alpha value is -2.40. The summed E-state index contributed by atoms with van der Waals surface area (Å²) < 4.78 is 22.2. The second kappa shape index (κ2) is 9.39. The number of methoxy groups -OCH3 is 4. The molecule has 1 aliphatic heterocycles. The lowest BCUT2D eigenvalue weighted by Crippen LogP contribution is -2.46. The highest BCUT2D eigenvalue weighted by atomic mass is 16.5. The van der Waals surface area contributed by atoms with Gasteiger partial charge in [-0.15, -0.1) is 0 Å². The standard InChI is InChI=1S/C26H35NO4/c1-28-22-11-9-18(14-23(22)29-2)8-10-21-19-15-24(30-3)25(31-4)16-20(19)26(17-27-21)12-6-5-7-13-26/h9,11,14-16,21,27H,5-8,10,12-13,17H2,1-4H3. The van der Waals surface area contributed by atoms with Crippen LogP contribution in [0.25, 0.3) is 0 Å². The molecule has 5 heteroatoms. The van der Waals surface area contributed by atoms with Gasteiger partial charge in [0.05, 0.1) is 28.4 Å². The molecule has 0 bridgehead atoms. The Labute approximate surface area is 186 Å². The molecular formula is C26H35NO4. The maximum atomic E-state index is 5.68. The van der Waals surface area contributed by atoms with Gasteiger partial charge in [0.15, 0.2) is 23.0 Å². The molecule has 0 aromatic heterocycles. The summed E-state index contributed by atoms with van der Waals surface area (Å²) >= 11 is 0. The number of fused-ring (bicyclic) bond motifs is 2. The quantitative estimate of drug-likeness (QED) is 0.661. The zero-order valence-corrected chi connectivity index (χ0v) is 19.3. The SMILES string of the molecule is COc1ccc(CCC2NCC3(CCCCC3)c3cc(OC)c(OC)cc32)cc1OC. The van der Waals surface area contributed by atoms with Crippen LogP contribution in [0.15, 0.2) is 30.3 Å². The Morgan fingerprint density at radius 2 is 1.45 bits per heavy atom. The number of ether oxygens (including phenoxy) is 4. The van der Waals surface area contributed by atoms with Crippen LogP contribution < -0.4 is 24.3 Å². The van der Waals surface area contributed by atoms with Crippen LogP contribution in [0, 0.1) is 0 Å². The Bertz CT molecular complexity index is 905. The number of aryl methyl sites for hydroxylation is 1.